The first kappa shape index (κ1) is 17.7. The van der Waals surface area contributed by atoms with Crippen LogP contribution in [0.15, 0.2) is 54.6 Å². The summed E-state index contributed by atoms with van der Waals surface area (Å²) in [4.78, 5) is 24.5. The number of amides is 1. The molecule has 0 aliphatic carbocycles. The average molecular weight is 325 g/mol. The van der Waals surface area contributed by atoms with Crippen molar-refractivity contribution in [1.82, 2.24) is 5.32 Å². The summed E-state index contributed by atoms with van der Waals surface area (Å²) >= 11 is 0. The number of esters is 1. The first-order valence-corrected chi connectivity index (χ1v) is 8.14. The summed E-state index contributed by atoms with van der Waals surface area (Å²) < 4.78 is 5.10. The molecule has 1 unspecified atom stereocenters. The number of rotatable bonds is 7. The molecule has 2 aromatic carbocycles. The fourth-order valence-corrected chi connectivity index (χ4v) is 2.51. The fraction of sp³-hybridized carbons (Fsp3) is 0.300. The van der Waals surface area contributed by atoms with Gasteiger partial charge in [0.1, 0.15) is 6.04 Å². The Balaban J connectivity index is 2.05. The van der Waals surface area contributed by atoms with Gasteiger partial charge in [0.25, 0.3) is 0 Å². The van der Waals surface area contributed by atoms with Crippen molar-refractivity contribution in [3.63, 3.8) is 0 Å². The van der Waals surface area contributed by atoms with Crippen LogP contribution in [0.25, 0.3) is 0 Å². The topological polar surface area (TPSA) is 55.4 Å². The van der Waals surface area contributed by atoms with Crippen LogP contribution in [0.5, 0.6) is 0 Å². The van der Waals surface area contributed by atoms with Gasteiger partial charge in [-0.25, -0.2) is 4.79 Å². The fourth-order valence-electron chi connectivity index (χ4n) is 2.51. The summed E-state index contributed by atoms with van der Waals surface area (Å²) in [5, 5.41) is 2.81. The van der Waals surface area contributed by atoms with Crippen LogP contribution in [-0.2, 0) is 27.2 Å². The van der Waals surface area contributed by atoms with Crippen molar-refractivity contribution in [2.75, 3.05) is 6.61 Å². The molecule has 0 aromatic heterocycles. The van der Waals surface area contributed by atoms with E-state index in [1.54, 1.807) is 6.92 Å². The molecular formula is C20H23NO3. The number of hydrogen-bond donors (Lipinski definition) is 1. The second-order valence-corrected chi connectivity index (χ2v) is 5.67. The summed E-state index contributed by atoms with van der Waals surface area (Å²) in [6, 6.07) is 16.7. The number of carbonyl (C=O) groups is 2. The van der Waals surface area contributed by atoms with E-state index in [-0.39, 0.29) is 18.9 Å². The lowest BCUT2D eigenvalue weighted by atomic mass is 10.0. The van der Waals surface area contributed by atoms with Gasteiger partial charge >= 0.3 is 5.97 Å². The van der Waals surface area contributed by atoms with Crippen molar-refractivity contribution in [3.8, 4) is 0 Å². The van der Waals surface area contributed by atoms with Gasteiger partial charge in [-0.3, -0.25) is 4.79 Å². The van der Waals surface area contributed by atoms with Gasteiger partial charge in [0, 0.05) is 6.42 Å². The molecule has 0 radical (unpaired) electrons. The number of hydrogen-bond acceptors (Lipinski definition) is 3. The molecule has 0 fully saturated rings. The molecule has 0 aliphatic heterocycles. The molecule has 0 bridgehead atoms. The molecule has 1 N–H and O–H groups in total. The van der Waals surface area contributed by atoms with Gasteiger partial charge in [-0.05, 0) is 30.5 Å². The zero-order valence-corrected chi connectivity index (χ0v) is 14.1. The molecule has 0 spiro atoms. The monoisotopic (exact) mass is 325 g/mol. The third kappa shape index (κ3) is 5.23. The molecule has 1 atom stereocenters. The van der Waals surface area contributed by atoms with Crippen molar-refractivity contribution < 1.29 is 14.3 Å². The van der Waals surface area contributed by atoms with Crippen molar-refractivity contribution in [2.45, 2.75) is 32.7 Å². The highest BCUT2D eigenvalue weighted by molar-refractivity contribution is 5.86. The third-order valence-electron chi connectivity index (χ3n) is 3.80. The smallest absolute Gasteiger partial charge is 0.328 e. The Morgan fingerprint density at radius 3 is 2.38 bits per heavy atom. The van der Waals surface area contributed by atoms with Gasteiger partial charge in [-0.15, -0.1) is 0 Å². The largest absolute Gasteiger partial charge is 0.464 e. The third-order valence-corrected chi connectivity index (χ3v) is 3.80. The Bertz CT molecular complexity index is 682. The van der Waals surface area contributed by atoms with Gasteiger partial charge < -0.3 is 10.1 Å². The van der Waals surface area contributed by atoms with Crippen molar-refractivity contribution in [2.24, 2.45) is 0 Å². The first-order chi connectivity index (χ1) is 11.6. The van der Waals surface area contributed by atoms with Gasteiger partial charge in [-0.2, -0.15) is 0 Å². The number of ether oxygens (including phenoxy) is 1. The normalized spacial score (nSPS) is 11.6. The highest BCUT2D eigenvalue weighted by Gasteiger charge is 2.22. The molecule has 2 rings (SSSR count). The maximum atomic E-state index is 12.4. The minimum atomic E-state index is -0.677. The molecule has 1 amide bonds. The van der Waals surface area contributed by atoms with Gasteiger partial charge in [0.2, 0.25) is 5.91 Å². The van der Waals surface area contributed by atoms with Crippen LogP contribution in [0.1, 0.15) is 23.6 Å². The molecule has 4 nitrogen and oxygen atoms in total. The molecule has 4 heteroatoms. The van der Waals surface area contributed by atoms with E-state index in [0.29, 0.717) is 6.42 Å². The highest BCUT2D eigenvalue weighted by Crippen LogP contribution is 2.09. The second-order valence-electron chi connectivity index (χ2n) is 5.67. The summed E-state index contributed by atoms with van der Waals surface area (Å²) in [6.45, 7) is 4.01. The van der Waals surface area contributed by atoms with E-state index in [2.05, 4.69) is 5.32 Å². The average Bonchev–Trinajstić information content (AvgIpc) is 2.57. The van der Waals surface area contributed by atoms with E-state index in [0.717, 1.165) is 16.7 Å². The number of aryl methyl sites for hydroxylation is 1. The maximum absolute atomic E-state index is 12.4. The minimum absolute atomic E-state index is 0.182. The Morgan fingerprint density at radius 2 is 1.71 bits per heavy atom. The van der Waals surface area contributed by atoms with Crippen LogP contribution < -0.4 is 5.32 Å². The predicted molar refractivity (Wildman–Crippen MR) is 93.6 cm³/mol. The summed E-state index contributed by atoms with van der Waals surface area (Å²) in [5.41, 5.74) is 2.99. The predicted octanol–water partition coefficient (Wildman–Crippen LogP) is 2.83. The maximum Gasteiger partial charge on any atom is 0.328 e. The molecule has 126 valence electrons. The van der Waals surface area contributed by atoms with Crippen LogP contribution >= 0.6 is 0 Å². The van der Waals surface area contributed by atoms with Gasteiger partial charge in [0.05, 0.1) is 13.0 Å². The number of nitrogens with one attached hydrogen (secondary N) is 1. The Morgan fingerprint density at radius 1 is 1.04 bits per heavy atom. The molecule has 0 heterocycles. The van der Waals surface area contributed by atoms with Gasteiger partial charge in [0.15, 0.2) is 0 Å². The van der Waals surface area contributed by atoms with Crippen LogP contribution in [0.4, 0.5) is 0 Å². The van der Waals surface area contributed by atoms with E-state index in [4.69, 9.17) is 4.74 Å². The van der Waals surface area contributed by atoms with E-state index in [1.165, 1.54) is 0 Å². The van der Waals surface area contributed by atoms with Crippen LogP contribution in [0.3, 0.4) is 0 Å². The molecule has 24 heavy (non-hydrogen) atoms. The standard InChI is InChI=1S/C20H23NO3/c1-3-24-20(23)18(13-16-10-5-4-6-11-16)21-19(22)14-17-12-8-7-9-15(17)2/h4-12,18H,3,13-14H2,1-2H3,(H,21,22). The minimum Gasteiger partial charge on any atom is -0.464 e. The Labute approximate surface area is 142 Å². The second kappa shape index (κ2) is 8.87. The quantitative estimate of drug-likeness (QED) is 0.797. The van der Waals surface area contributed by atoms with Gasteiger partial charge in [-0.1, -0.05) is 54.6 Å². The lowest BCUT2D eigenvalue weighted by Crippen LogP contribution is -2.44. The SMILES string of the molecule is CCOC(=O)C(Cc1ccccc1)NC(=O)Cc1ccccc1C. The molecule has 0 aliphatic rings. The summed E-state index contributed by atoms with van der Waals surface area (Å²) in [5.74, 6) is -0.585. The summed E-state index contributed by atoms with van der Waals surface area (Å²) in [7, 11) is 0. The Hall–Kier alpha value is -2.62. The van der Waals surface area contributed by atoms with E-state index in [9.17, 15) is 9.59 Å². The first-order valence-electron chi connectivity index (χ1n) is 8.14. The van der Waals surface area contributed by atoms with Crippen molar-refractivity contribution in [1.29, 1.82) is 0 Å². The van der Waals surface area contributed by atoms with E-state index in [1.807, 2.05) is 61.5 Å². The molecule has 2 aromatic rings. The summed E-state index contributed by atoms with van der Waals surface area (Å²) in [6.07, 6.45) is 0.663. The molecule has 0 saturated carbocycles. The number of carbonyl (C=O) groups excluding carboxylic acids is 2. The highest BCUT2D eigenvalue weighted by atomic mass is 16.5. The molecular weight excluding hydrogens is 302 g/mol. The van der Waals surface area contributed by atoms with E-state index < -0.39 is 12.0 Å². The zero-order valence-electron chi connectivity index (χ0n) is 14.1. The lowest BCUT2D eigenvalue weighted by molar-refractivity contribution is -0.147. The van der Waals surface area contributed by atoms with Crippen molar-refractivity contribution in [3.05, 3.63) is 71.3 Å². The number of benzene rings is 2. The van der Waals surface area contributed by atoms with Crippen LogP contribution in [0.2, 0.25) is 0 Å². The molecule has 0 saturated heterocycles. The van der Waals surface area contributed by atoms with Crippen LogP contribution in [0, 0.1) is 6.92 Å². The lowest BCUT2D eigenvalue weighted by Gasteiger charge is -2.18. The zero-order chi connectivity index (χ0) is 17.4. The van der Waals surface area contributed by atoms with Crippen molar-refractivity contribution >= 4 is 11.9 Å². The van der Waals surface area contributed by atoms with E-state index >= 15 is 0 Å². The van der Waals surface area contributed by atoms with Crippen LogP contribution in [-0.4, -0.2) is 24.5 Å². The Kier molecular flexibility index (Phi) is 6.55.